The Hall–Kier alpha value is -6.27. The monoisotopic (exact) mass is 1590 g/mol. The van der Waals surface area contributed by atoms with Crippen LogP contribution in [-0.2, 0) is 51.2 Å². The third-order valence-corrected chi connectivity index (χ3v) is 27.0. The minimum absolute atomic E-state index is 0.0246. The fraction of sp³-hybridized carbons (Fsp3) is 0.436. The third-order valence-electron chi connectivity index (χ3n) is 24.4. The number of amides is 4. The van der Waals surface area contributed by atoms with Crippen molar-refractivity contribution in [1.82, 2.24) is 4.90 Å². The van der Waals surface area contributed by atoms with Gasteiger partial charge in [-0.1, -0.05) is 118 Å². The molecule has 27 heteroatoms. The lowest BCUT2D eigenvalue weighted by Crippen LogP contribution is -2.56. The van der Waals surface area contributed by atoms with Gasteiger partial charge in [-0.15, -0.1) is 0 Å². The number of ketones is 4. The van der Waals surface area contributed by atoms with Crippen LogP contribution in [0.3, 0.4) is 0 Å². The number of halogens is 9. The van der Waals surface area contributed by atoms with Crippen LogP contribution in [0.2, 0.25) is 40.2 Å². The van der Waals surface area contributed by atoms with E-state index in [-0.39, 0.29) is 111 Å². The average molecular weight is 1590 g/mol. The quantitative estimate of drug-likeness (QED) is 0.0419. The maximum Gasteiger partial charge on any atom is 0.261 e. The number of hydrogen-bond donors (Lipinski definition) is 8. The molecule has 105 heavy (non-hydrogen) atoms. The Balaban J connectivity index is 0.000000124. The highest BCUT2D eigenvalue weighted by atomic mass is 35.5. The summed E-state index contributed by atoms with van der Waals surface area (Å²) in [6.07, 6.45) is 13.8. The molecular formula is C78H77Cl8FN6O12. The van der Waals surface area contributed by atoms with Gasteiger partial charge in [0.15, 0.2) is 34.0 Å². The van der Waals surface area contributed by atoms with Crippen molar-refractivity contribution in [3.63, 3.8) is 0 Å². The molecule has 8 N–H and O–H groups in total. The van der Waals surface area contributed by atoms with E-state index in [2.05, 4.69) is 52.1 Å². The SMILES string of the molecule is CCC12CCC(C(=O)CC3(O)C(=O)Nc4c(Cl)ccc(Cl)c43)(CC1)CC2.CN(C)C12CCC(C(=O)CC3(O)C(=O)Nc4c(Cl)ccc(Cl)c43)(CC1)CC2.O=C(CC1(O)C(=O)Nc2c(Cl)ccc(Cl)c21)c1ccc(C2CC2)c(F)c1.O=C(CC1(O)C(=O)Nc2c(Cl)ccc(Cl)c21)c1ccc(N2CCC2)cc1. The van der Waals surface area contributed by atoms with Crippen molar-refractivity contribution in [3.05, 3.63) is 176 Å². The fourth-order valence-corrected chi connectivity index (χ4v) is 19.2. The Morgan fingerprint density at radius 2 is 0.781 bits per heavy atom. The summed E-state index contributed by atoms with van der Waals surface area (Å²) in [6, 6.07) is 23.7. The summed E-state index contributed by atoms with van der Waals surface area (Å²) in [6.45, 7) is 4.26. The number of anilines is 5. The fourth-order valence-electron chi connectivity index (χ4n) is 17.1. The summed E-state index contributed by atoms with van der Waals surface area (Å²) in [4.78, 5) is 106. The van der Waals surface area contributed by atoms with E-state index < -0.39 is 81.3 Å². The molecule has 554 valence electrons. The summed E-state index contributed by atoms with van der Waals surface area (Å²) in [5.74, 6) is -3.94. The standard InChI is InChI=1S/C20H24Cl2N2O3.C20H23Cl2NO3.C19H14Cl2FNO3.C19H16Cl2N2O3/c1-24(2)19-8-5-18(6-9-19,7-10-19)14(25)11-20(27)15-12(21)3-4-13(22)16(15)23-17(20)26;1-2-18-5-8-19(9-6-18,10-7-18)14(24)11-20(26)15-12(21)3-4-13(22)16(15)23-17(20)25;20-12-5-6-13(21)17-16(12)19(26,18(25)23-17)8-15(24)10-3-4-11(9-1-2-9)14(22)7-10;20-13-6-7-14(21)17-16(13)19(26,18(25)22-17)10-15(24)11-2-4-12(5-3-11)23-8-1-9-23/h3-4,27H,5-11H2,1-2H3,(H,23,26);3-4,26H,2,5-11H2,1H3,(H,23,25);3-7,9,26H,1-2,8H2,(H,23,25);2-7,26H,1,8-10H2,(H,22,25). The predicted octanol–water partition coefficient (Wildman–Crippen LogP) is 16.6. The maximum absolute atomic E-state index is 14.2. The molecule has 18 rings (SSSR count). The number of carbonyl (C=O) groups excluding carboxylic acids is 8. The first kappa shape index (κ1) is 76.9. The number of carbonyl (C=O) groups is 8. The first-order valence-electron chi connectivity index (χ1n) is 35.1. The van der Waals surface area contributed by atoms with Gasteiger partial charge in [0.05, 0.1) is 55.7 Å². The Labute approximate surface area is 646 Å². The molecule has 7 saturated carbocycles. The molecule has 6 aromatic carbocycles. The van der Waals surface area contributed by atoms with Crippen molar-refractivity contribution in [2.75, 3.05) is 53.4 Å². The van der Waals surface area contributed by atoms with Gasteiger partial charge in [-0.05, 0) is 206 Å². The van der Waals surface area contributed by atoms with Crippen molar-refractivity contribution >= 4 is 168 Å². The zero-order valence-electron chi connectivity index (χ0n) is 57.6. The molecule has 8 fully saturated rings. The molecule has 12 aliphatic rings. The number of hydrogen-bond acceptors (Lipinski definition) is 14. The highest BCUT2D eigenvalue weighted by molar-refractivity contribution is 6.41. The molecular weight excluding hydrogens is 1520 g/mol. The molecule has 0 spiro atoms. The van der Waals surface area contributed by atoms with Crippen molar-refractivity contribution in [2.24, 2.45) is 16.2 Å². The molecule has 0 radical (unpaired) electrons. The number of fused-ring (bicyclic) bond motifs is 10. The van der Waals surface area contributed by atoms with Crippen LogP contribution in [0.1, 0.15) is 190 Å². The van der Waals surface area contributed by atoms with Crippen LogP contribution in [-0.4, -0.2) is 105 Å². The van der Waals surface area contributed by atoms with Gasteiger partial charge in [-0.2, -0.15) is 0 Å². The molecule has 18 nitrogen and oxygen atoms in total. The smallest absolute Gasteiger partial charge is 0.261 e. The van der Waals surface area contributed by atoms with Crippen LogP contribution in [0.15, 0.2) is 91.0 Å². The second-order valence-corrected chi connectivity index (χ2v) is 33.5. The van der Waals surface area contributed by atoms with E-state index in [1.54, 1.807) is 42.5 Å². The topological polar surface area (TPSA) is 272 Å². The highest BCUT2D eigenvalue weighted by Gasteiger charge is 2.59. The molecule has 5 heterocycles. The van der Waals surface area contributed by atoms with Crippen molar-refractivity contribution in [1.29, 1.82) is 0 Å². The lowest BCUT2D eigenvalue weighted by molar-refractivity contribution is -0.150. The summed E-state index contributed by atoms with van der Waals surface area (Å²) in [5.41, 5.74) is -4.42. The summed E-state index contributed by atoms with van der Waals surface area (Å²) in [5, 5.41) is 56.3. The number of nitrogens with zero attached hydrogens (tertiary/aromatic N) is 2. The van der Waals surface area contributed by atoms with Crippen molar-refractivity contribution in [3.8, 4) is 0 Å². The van der Waals surface area contributed by atoms with Crippen LogP contribution >= 0.6 is 92.8 Å². The van der Waals surface area contributed by atoms with E-state index in [4.69, 9.17) is 92.8 Å². The first-order chi connectivity index (χ1) is 49.6. The maximum atomic E-state index is 14.2. The van der Waals surface area contributed by atoms with Gasteiger partial charge in [-0.3, -0.25) is 38.4 Å². The lowest BCUT2D eigenvalue weighted by atomic mass is 9.51. The van der Waals surface area contributed by atoms with Gasteiger partial charge in [-0.25, -0.2) is 4.39 Å². The molecule has 5 aliphatic heterocycles. The van der Waals surface area contributed by atoms with Gasteiger partial charge in [0.25, 0.3) is 23.6 Å². The van der Waals surface area contributed by atoms with E-state index in [0.29, 0.717) is 38.0 Å². The zero-order chi connectivity index (χ0) is 75.5. The van der Waals surface area contributed by atoms with Gasteiger partial charge >= 0.3 is 0 Å². The summed E-state index contributed by atoms with van der Waals surface area (Å²) >= 11 is 49.2. The third kappa shape index (κ3) is 13.6. The molecule has 4 atom stereocenters. The molecule has 6 aromatic rings. The van der Waals surface area contributed by atoms with Crippen molar-refractivity contribution in [2.45, 2.75) is 169 Å². The van der Waals surface area contributed by atoms with Crippen LogP contribution in [0.5, 0.6) is 0 Å². The van der Waals surface area contributed by atoms with E-state index in [9.17, 15) is 63.2 Å². The van der Waals surface area contributed by atoms with Crippen molar-refractivity contribution < 1.29 is 63.2 Å². The first-order valence-corrected chi connectivity index (χ1v) is 38.2. The normalized spacial score (nSPS) is 28.2. The van der Waals surface area contributed by atoms with E-state index in [1.165, 1.54) is 36.8 Å². The average Bonchev–Trinajstić information content (AvgIpc) is 1.69. The largest absolute Gasteiger partial charge is 0.375 e. The van der Waals surface area contributed by atoms with E-state index >= 15 is 0 Å². The zero-order valence-corrected chi connectivity index (χ0v) is 63.7. The molecule has 1 saturated heterocycles. The van der Waals surface area contributed by atoms with Gasteiger partial charge in [0, 0.05) is 101 Å². The Bertz CT molecular complexity index is 4620. The number of nitrogens with one attached hydrogen (secondary N) is 4. The van der Waals surface area contributed by atoms with Crippen LogP contribution in [0.25, 0.3) is 0 Å². The Morgan fingerprint density at radius 3 is 1.10 bits per heavy atom. The summed E-state index contributed by atoms with van der Waals surface area (Å²) < 4.78 is 14.2. The predicted molar refractivity (Wildman–Crippen MR) is 404 cm³/mol. The van der Waals surface area contributed by atoms with Crippen LogP contribution in [0, 0.1) is 22.1 Å². The second-order valence-electron chi connectivity index (χ2n) is 30.2. The number of benzene rings is 6. The van der Waals surface area contributed by atoms with Gasteiger partial charge in [0.1, 0.15) is 17.4 Å². The minimum Gasteiger partial charge on any atom is -0.375 e. The molecule has 4 unspecified atom stereocenters. The number of Topliss-reactive ketones (excluding diaryl/α,β-unsaturated/α-hetero) is 4. The highest BCUT2D eigenvalue weighted by Crippen LogP contribution is 2.61. The summed E-state index contributed by atoms with van der Waals surface area (Å²) in [7, 11) is 4.21. The lowest BCUT2D eigenvalue weighted by Gasteiger charge is -2.55. The van der Waals surface area contributed by atoms with Crippen LogP contribution < -0.4 is 26.2 Å². The Kier molecular flexibility index (Phi) is 21.0. The van der Waals surface area contributed by atoms with Gasteiger partial charge < -0.3 is 51.5 Å². The molecule has 7 aliphatic carbocycles. The molecule has 0 aromatic heterocycles. The van der Waals surface area contributed by atoms with Gasteiger partial charge in [0.2, 0.25) is 0 Å². The van der Waals surface area contributed by atoms with E-state index in [0.717, 1.165) is 121 Å². The number of aliphatic hydroxyl groups is 4. The van der Waals surface area contributed by atoms with E-state index in [1.807, 2.05) is 12.1 Å². The Morgan fingerprint density at radius 1 is 0.457 bits per heavy atom. The molecule has 4 amide bonds. The van der Waals surface area contributed by atoms with Crippen LogP contribution in [0.4, 0.5) is 32.8 Å². The second kappa shape index (κ2) is 28.6. The number of rotatable bonds is 16. The minimum atomic E-state index is -2.15. The molecule has 4 bridgehead atoms.